The van der Waals surface area contributed by atoms with E-state index in [9.17, 15) is 72.0 Å². The van der Waals surface area contributed by atoms with Gasteiger partial charge in [0.15, 0.2) is 11.4 Å². The number of halogens is 1. The largest absolute Gasteiger partial charge is 0.505 e. The molecule has 0 aliphatic carbocycles. The Hall–Kier alpha value is -6.94. The van der Waals surface area contributed by atoms with Gasteiger partial charge in [-0.15, -0.1) is 30.7 Å². The van der Waals surface area contributed by atoms with Crippen molar-refractivity contribution in [1.82, 2.24) is 14.8 Å². The summed E-state index contributed by atoms with van der Waals surface area (Å²) in [4.78, 5) is 13.5. The van der Waals surface area contributed by atoms with Gasteiger partial charge in [-0.3, -0.25) is 18.2 Å². The fourth-order valence-electron chi connectivity index (χ4n) is 6.23. The molecule has 26 nitrogen and oxygen atoms in total. The molecule has 5 aromatic carbocycles. The zero-order chi connectivity index (χ0) is 50.4. The van der Waals surface area contributed by atoms with E-state index in [1.807, 2.05) is 0 Å². The van der Waals surface area contributed by atoms with Crippen LogP contribution in [0.15, 0.2) is 118 Å². The molecule has 7 N–H and O–H groups in total. The zero-order valence-corrected chi connectivity index (χ0v) is 39.0. The van der Waals surface area contributed by atoms with Crippen LogP contribution < -0.4 is 4.74 Å². The molecule has 32 heteroatoms. The maximum Gasteiger partial charge on any atom is 0.335 e. The number of azo groups is 3. The summed E-state index contributed by atoms with van der Waals surface area (Å²) in [6.45, 7) is 1.30. The number of thiazole rings is 1. The van der Waals surface area contributed by atoms with Crippen molar-refractivity contribution in [2.45, 2.75) is 28.0 Å². The number of aromatic nitrogens is 3. The summed E-state index contributed by atoms with van der Waals surface area (Å²) < 4.78 is 141. The fraction of sp³-hybridized carbons (Fsp3) is 0.108. The second-order valence-corrected chi connectivity index (χ2v) is 21.3. The molecule has 0 bridgehead atoms. The number of ether oxygens (including phenoxy) is 1. The molecule has 0 spiro atoms. The highest BCUT2D eigenvalue weighted by Gasteiger charge is 2.24. The number of benzene rings is 5. The van der Waals surface area contributed by atoms with Crippen molar-refractivity contribution >= 4 is 124 Å². The van der Waals surface area contributed by atoms with E-state index < -0.39 is 95.4 Å². The molecule has 0 amide bonds. The number of carbonyl (C=O) groups is 1. The highest BCUT2D eigenvalue weighted by atomic mass is 35.5. The molecular formula is C37H28ClN9O17S5. The molecule has 2 aromatic heterocycles. The molecule has 0 aliphatic heterocycles. The van der Waals surface area contributed by atoms with Gasteiger partial charge < -0.3 is 20.1 Å². The lowest BCUT2D eigenvalue weighted by atomic mass is 10.1. The molecule has 2 heterocycles. The number of nitrogens with zero attached hydrogens (tertiary/aromatic N) is 9. The third-order valence-corrected chi connectivity index (χ3v) is 13.8. The van der Waals surface area contributed by atoms with Crippen molar-refractivity contribution in [1.29, 1.82) is 0 Å². The highest BCUT2D eigenvalue weighted by Crippen LogP contribution is 2.44. The third kappa shape index (κ3) is 11.3. The quantitative estimate of drug-likeness (QED) is 0.0271. The Bertz CT molecular complexity index is 3840. The summed E-state index contributed by atoms with van der Waals surface area (Å²) in [6.07, 6.45) is 0.709. The molecule has 0 saturated carbocycles. The van der Waals surface area contributed by atoms with Crippen LogP contribution in [0.2, 0.25) is 5.02 Å². The smallest absolute Gasteiger partial charge is 0.335 e. The van der Waals surface area contributed by atoms with Gasteiger partial charge in [-0.25, -0.2) is 9.78 Å². The number of phenols is 1. The Morgan fingerprint density at radius 3 is 2.06 bits per heavy atom. The Kier molecular flexibility index (Phi) is 13.7. The first kappa shape index (κ1) is 50.0. The zero-order valence-electron chi connectivity index (χ0n) is 34.2. The van der Waals surface area contributed by atoms with E-state index in [0.29, 0.717) is 16.3 Å². The van der Waals surface area contributed by atoms with Gasteiger partial charge in [-0.05, 0) is 73.5 Å². The SMILES string of the molecule is Cc1cc(N=Nc2ccc3c(S(=O)(=O)O)c(N=Nc4cnn(-c5cc(C(=O)O)cc(S(=O)(=O)O)c5)c4O)ccc3c2O)c(OCCCS(=O)(=O)O)cc1N=Nc1nc2c(S(=O)(=O)O)cc(Cl)cc2s1. The predicted octanol–water partition coefficient (Wildman–Crippen LogP) is 8.35. The van der Waals surface area contributed by atoms with Gasteiger partial charge in [-0.2, -0.15) is 43.5 Å². The van der Waals surface area contributed by atoms with Crippen molar-refractivity contribution in [2.24, 2.45) is 30.7 Å². The average molecular weight is 1070 g/mol. The van der Waals surface area contributed by atoms with Crippen molar-refractivity contribution in [3.05, 3.63) is 89.1 Å². The number of phenolic OH excluding ortho intramolecular Hbond substituents is 1. The van der Waals surface area contributed by atoms with Crippen LogP contribution in [0, 0.1) is 6.92 Å². The van der Waals surface area contributed by atoms with Gasteiger partial charge in [-0.1, -0.05) is 29.0 Å². The van der Waals surface area contributed by atoms with Gasteiger partial charge in [0.2, 0.25) is 11.0 Å². The van der Waals surface area contributed by atoms with E-state index in [4.69, 9.17) is 16.3 Å². The third-order valence-electron chi connectivity index (χ3n) is 9.29. The summed E-state index contributed by atoms with van der Waals surface area (Å²) in [5.41, 5.74) is -1.77. The van der Waals surface area contributed by atoms with E-state index in [0.717, 1.165) is 53.9 Å². The maximum absolute atomic E-state index is 12.8. The summed E-state index contributed by atoms with van der Waals surface area (Å²) in [6, 6.07) is 12.0. The molecule has 69 heavy (non-hydrogen) atoms. The van der Waals surface area contributed by atoms with Gasteiger partial charge in [0.1, 0.15) is 38.1 Å². The molecule has 7 rings (SSSR count). The topological polar surface area (TPSA) is 409 Å². The maximum atomic E-state index is 12.8. The molecule has 0 fully saturated rings. The molecule has 0 aliphatic rings. The minimum absolute atomic E-state index is 0.00791. The number of aryl methyl sites for hydroxylation is 1. The summed E-state index contributed by atoms with van der Waals surface area (Å²) >= 11 is 6.93. The normalized spacial score (nSPS) is 12.9. The van der Waals surface area contributed by atoms with Gasteiger partial charge in [0, 0.05) is 21.9 Å². The number of carboxylic acids is 1. The van der Waals surface area contributed by atoms with Gasteiger partial charge in [0.05, 0.1) is 45.1 Å². The Balaban J connectivity index is 1.21. The summed E-state index contributed by atoms with van der Waals surface area (Å²) in [7, 11) is -19.2. The molecule has 0 unspecified atom stereocenters. The van der Waals surface area contributed by atoms with Gasteiger partial charge >= 0.3 is 5.97 Å². The van der Waals surface area contributed by atoms with E-state index in [-0.39, 0.29) is 72.7 Å². The first-order valence-electron chi connectivity index (χ1n) is 18.6. The van der Waals surface area contributed by atoms with Crippen molar-refractivity contribution < 1.29 is 76.7 Å². The molecule has 0 saturated heterocycles. The van der Waals surface area contributed by atoms with E-state index in [2.05, 4.69) is 40.8 Å². The van der Waals surface area contributed by atoms with E-state index in [1.165, 1.54) is 24.3 Å². The van der Waals surface area contributed by atoms with Crippen LogP contribution in [-0.4, -0.2) is 100 Å². The first-order chi connectivity index (χ1) is 32.2. The van der Waals surface area contributed by atoms with Crippen LogP contribution in [0.4, 0.5) is 33.6 Å². The average Bonchev–Trinajstić information content (AvgIpc) is 3.84. The van der Waals surface area contributed by atoms with Crippen molar-refractivity contribution in [2.75, 3.05) is 12.4 Å². The molecular weight excluding hydrogens is 1040 g/mol. The number of aromatic hydroxyl groups is 2. The van der Waals surface area contributed by atoms with E-state index >= 15 is 0 Å². The minimum Gasteiger partial charge on any atom is -0.505 e. The van der Waals surface area contributed by atoms with Crippen molar-refractivity contribution in [3.8, 4) is 23.1 Å². The van der Waals surface area contributed by atoms with Crippen molar-refractivity contribution in [3.63, 3.8) is 0 Å². The highest BCUT2D eigenvalue weighted by molar-refractivity contribution is 7.86. The van der Waals surface area contributed by atoms with Crippen LogP contribution >= 0.6 is 22.9 Å². The van der Waals surface area contributed by atoms with E-state index in [1.54, 1.807) is 6.92 Å². The molecule has 7 aromatic rings. The van der Waals surface area contributed by atoms with Crippen LogP contribution in [0.1, 0.15) is 22.3 Å². The number of hydrogen-bond acceptors (Lipinski definition) is 21. The second kappa shape index (κ2) is 18.9. The Morgan fingerprint density at radius 2 is 1.39 bits per heavy atom. The van der Waals surface area contributed by atoms with Gasteiger partial charge in [0.25, 0.3) is 40.5 Å². The van der Waals surface area contributed by atoms with Crippen LogP contribution in [0.3, 0.4) is 0 Å². The first-order valence-corrected chi connectivity index (χ1v) is 25.7. The summed E-state index contributed by atoms with van der Waals surface area (Å²) in [5.74, 6) is -3.80. The lowest BCUT2D eigenvalue weighted by Gasteiger charge is -2.11. The Labute approximate surface area is 396 Å². The number of aromatic carboxylic acids is 1. The number of hydrogen-bond donors (Lipinski definition) is 7. The Morgan fingerprint density at radius 1 is 0.739 bits per heavy atom. The second-order valence-electron chi connectivity index (χ2n) is 14.1. The van der Waals surface area contributed by atoms with Crippen LogP contribution in [0.25, 0.3) is 26.7 Å². The summed E-state index contributed by atoms with van der Waals surface area (Å²) in [5, 5.41) is 59.0. The standard InChI is InChI=1S/C37H28ClN9O17S5/c1-17-9-27(29(64-7-2-8-66(52,53)54)15-26(17)43-46-37-40-32-30(65-37)12-19(38)13-31(32)68(58,59)60)44-41-24-5-4-23-22(33(24)48)3-6-25(34(23)69(61,62)63)42-45-28-16-39-47(35(28)49)20-10-18(36(50)51)11-21(14-20)67(55,56)57/h3-6,9-16,48-49H,2,7-8H2,1H3,(H,50,51)(H,52,53,54)(H,55,56,57)(H,58,59,60)(H,61,62,63). The number of carboxylic acid groups (broad SMARTS) is 1. The molecule has 0 atom stereocenters. The van der Waals surface area contributed by atoms with Crippen LogP contribution in [0.5, 0.6) is 17.4 Å². The fourth-order valence-corrected chi connectivity index (χ4v) is 10.0. The lowest BCUT2D eigenvalue weighted by Crippen LogP contribution is -2.08. The molecule has 0 radical (unpaired) electrons. The monoisotopic (exact) mass is 1060 g/mol. The predicted molar refractivity (Wildman–Crippen MR) is 242 cm³/mol. The number of fused-ring (bicyclic) bond motifs is 2. The van der Waals surface area contributed by atoms with Crippen LogP contribution in [-0.2, 0) is 40.5 Å². The minimum atomic E-state index is -5.17. The molecule has 360 valence electrons. The number of rotatable bonds is 16. The lowest BCUT2D eigenvalue weighted by molar-refractivity contribution is 0.0696.